The third kappa shape index (κ3) is 2.46. The molecular weight excluding hydrogens is 194 g/mol. The van der Waals surface area contributed by atoms with E-state index >= 15 is 0 Å². The quantitative estimate of drug-likeness (QED) is 0.790. The summed E-state index contributed by atoms with van der Waals surface area (Å²) >= 11 is 0. The molecule has 1 nitrogen and oxygen atoms in total. The van der Waals surface area contributed by atoms with Gasteiger partial charge in [-0.25, -0.2) is 0 Å². The molecule has 88 valence electrons. The molecule has 0 saturated heterocycles. The zero-order chi connectivity index (χ0) is 11.6. The second kappa shape index (κ2) is 4.58. The minimum atomic E-state index is 0.477. The van der Waals surface area contributed by atoms with E-state index in [9.17, 15) is 0 Å². The monoisotopic (exact) mass is 217 g/mol. The first kappa shape index (κ1) is 11.7. The van der Waals surface area contributed by atoms with E-state index in [0.29, 0.717) is 11.5 Å². The molecule has 1 N–H and O–H groups in total. The fourth-order valence-electron chi connectivity index (χ4n) is 2.38. The fraction of sp³-hybridized carbons (Fsp3) is 0.600. The van der Waals surface area contributed by atoms with Crippen LogP contribution in [0.5, 0.6) is 0 Å². The van der Waals surface area contributed by atoms with Gasteiger partial charge < -0.3 is 5.32 Å². The number of aryl methyl sites for hydroxylation is 1. The van der Waals surface area contributed by atoms with Crippen LogP contribution in [0.2, 0.25) is 0 Å². The Morgan fingerprint density at radius 2 is 2.00 bits per heavy atom. The molecule has 1 unspecified atom stereocenters. The molecule has 0 aliphatic heterocycles. The summed E-state index contributed by atoms with van der Waals surface area (Å²) in [7, 11) is 0. The number of benzene rings is 1. The van der Waals surface area contributed by atoms with Crippen molar-refractivity contribution in [2.24, 2.45) is 5.41 Å². The molecule has 0 heterocycles. The standard InChI is InChI=1S/C15H23N/c1-4-15(9-10-15)11-16-13(3)14-8-6-5-7-12(14)2/h5-8,13,16H,4,9-11H2,1-3H3. The van der Waals surface area contributed by atoms with Crippen LogP contribution in [0, 0.1) is 12.3 Å². The Morgan fingerprint density at radius 1 is 1.31 bits per heavy atom. The molecule has 1 aromatic rings. The van der Waals surface area contributed by atoms with Gasteiger partial charge in [-0.1, -0.05) is 31.2 Å². The Kier molecular flexibility index (Phi) is 3.34. The van der Waals surface area contributed by atoms with Crippen molar-refractivity contribution in [2.75, 3.05) is 6.54 Å². The van der Waals surface area contributed by atoms with Crippen LogP contribution in [-0.2, 0) is 0 Å². The highest BCUT2D eigenvalue weighted by Gasteiger charge is 2.40. The zero-order valence-corrected chi connectivity index (χ0v) is 10.7. The van der Waals surface area contributed by atoms with Crippen LogP contribution in [0.4, 0.5) is 0 Å². The molecule has 1 aromatic carbocycles. The van der Waals surface area contributed by atoms with Gasteiger partial charge in [0.15, 0.2) is 0 Å². The van der Waals surface area contributed by atoms with Gasteiger partial charge in [-0.2, -0.15) is 0 Å². The maximum Gasteiger partial charge on any atom is 0.0294 e. The van der Waals surface area contributed by atoms with Crippen LogP contribution in [0.25, 0.3) is 0 Å². The van der Waals surface area contributed by atoms with Gasteiger partial charge >= 0.3 is 0 Å². The molecule has 16 heavy (non-hydrogen) atoms. The van der Waals surface area contributed by atoms with E-state index in [1.165, 1.54) is 36.9 Å². The predicted molar refractivity (Wildman–Crippen MR) is 69.6 cm³/mol. The molecule has 1 aliphatic carbocycles. The average Bonchev–Trinajstić information content (AvgIpc) is 3.07. The van der Waals surface area contributed by atoms with Crippen LogP contribution in [0.1, 0.15) is 50.3 Å². The van der Waals surface area contributed by atoms with E-state index < -0.39 is 0 Å². The third-order valence-electron chi connectivity index (χ3n) is 4.15. The third-order valence-corrected chi connectivity index (χ3v) is 4.15. The first-order valence-electron chi connectivity index (χ1n) is 6.46. The molecular formula is C15H23N. The van der Waals surface area contributed by atoms with E-state index in [0.717, 1.165) is 0 Å². The molecule has 0 bridgehead atoms. The normalized spacial score (nSPS) is 19.4. The van der Waals surface area contributed by atoms with Crippen molar-refractivity contribution in [3.05, 3.63) is 35.4 Å². The Labute approximate surface area is 99.3 Å². The summed E-state index contributed by atoms with van der Waals surface area (Å²) in [4.78, 5) is 0. The van der Waals surface area contributed by atoms with Crippen LogP contribution < -0.4 is 5.32 Å². The number of rotatable bonds is 5. The molecule has 0 aromatic heterocycles. The molecule has 1 heteroatoms. The molecule has 1 saturated carbocycles. The lowest BCUT2D eigenvalue weighted by Gasteiger charge is -2.20. The highest BCUT2D eigenvalue weighted by Crippen LogP contribution is 2.48. The van der Waals surface area contributed by atoms with Gasteiger partial charge in [0.25, 0.3) is 0 Å². The van der Waals surface area contributed by atoms with E-state index in [4.69, 9.17) is 0 Å². The number of hydrogen-bond acceptors (Lipinski definition) is 1. The maximum absolute atomic E-state index is 3.69. The molecule has 1 fully saturated rings. The lowest BCUT2D eigenvalue weighted by atomic mass is 10.00. The average molecular weight is 217 g/mol. The van der Waals surface area contributed by atoms with Crippen LogP contribution in [-0.4, -0.2) is 6.54 Å². The van der Waals surface area contributed by atoms with E-state index in [2.05, 4.69) is 50.4 Å². The van der Waals surface area contributed by atoms with Gasteiger partial charge in [-0.15, -0.1) is 0 Å². The highest BCUT2D eigenvalue weighted by molar-refractivity contribution is 5.28. The van der Waals surface area contributed by atoms with Crippen molar-refractivity contribution >= 4 is 0 Å². The van der Waals surface area contributed by atoms with Crippen molar-refractivity contribution in [1.82, 2.24) is 5.32 Å². The number of nitrogens with one attached hydrogen (secondary N) is 1. The summed E-state index contributed by atoms with van der Waals surface area (Å²) in [6.07, 6.45) is 4.15. The van der Waals surface area contributed by atoms with Gasteiger partial charge in [0, 0.05) is 12.6 Å². The minimum absolute atomic E-state index is 0.477. The number of hydrogen-bond donors (Lipinski definition) is 1. The lowest BCUT2D eigenvalue weighted by Crippen LogP contribution is -2.26. The van der Waals surface area contributed by atoms with E-state index in [1.54, 1.807) is 0 Å². The van der Waals surface area contributed by atoms with Crippen molar-refractivity contribution in [2.45, 2.75) is 46.1 Å². The van der Waals surface area contributed by atoms with Gasteiger partial charge in [-0.05, 0) is 49.7 Å². The Balaban J connectivity index is 1.93. The summed E-state index contributed by atoms with van der Waals surface area (Å²) in [5, 5.41) is 3.69. The molecule has 0 radical (unpaired) electrons. The Morgan fingerprint density at radius 3 is 2.56 bits per heavy atom. The molecule has 0 amide bonds. The summed E-state index contributed by atoms with van der Waals surface area (Å²) in [5.74, 6) is 0. The zero-order valence-electron chi connectivity index (χ0n) is 10.7. The lowest BCUT2D eigenvalue weighted by molar-refractivity contribution is 0.414. The summed E-state index contributed by atoms with van der Waals surface area (Å²) < 4.78 is 0. The van der Waals surface area contributed by atoms with Crippen LogP contribution >= 0.6 is 0 Å². The fourth-order valence-corrected chi connectivity index (χ4v) is 2.38. The van der Waals surface area contributed by atoms with Crippen LogP contribution in [0.15, 0.2) is 24.3 Å². The molecule has 0 spiro atoms. The smallest absolute Gasteiger partial charge is 0.0294 e. The summed E-state index contributed by atoms with van der Waals surface area (Å²) in [5.41, 5.74) is 3.47. The second-order valence-corrected chi connectivity index (χ2v) is 5.31. The van der Waals surface area contributed by atoms with Gasteiger partial charge in [0.05, 0.1) is 0 Å². The first-order chi connectivity index (χ1) is 7.67. The minimum Gasteiger partial charge on any atom is -0.310 e. The van der Waals surface area contributed by atoms with E-state index in [-0.39, 0.29) is 0 Å². The van der Waals surface area contributed by atoms with Crippen molar-refractivity contribution in [1.29, 1.82) is 0 Å². The first-order valence-corrected chi connectivity index (χ1v) is 6.46. The highest BCUT2D eigenvalue weighted by atomic mass is 14.9. The predicted octanol–water partition coefficient (Wildman–Crippen LogP) is 3.84. The molecule has 2 rings (SSSR count). The van der Waals surface area contributed by atoms with Crippen molar-refractivity contribution in [3.63, 3.8) is 0 Å². The van der Waals surface area contributed by atoms with Gasteiger partial charge in [0.2, 0.25) is 0 Å². The second-order valence-electron chi connectivity index (χ2n) is 5.31. The van der Waals surface area contributed by atoms with E-state index in [1.807, 2.05) is 0 Å². The Hall–Kier alpha value is -0.820. The largest absolute Gasteiger partial charge is 0.310 e. The van der Waals surface area contributed by atoms with Crippen LogP contribution in [0.3, 0.4) is 0 Å². The topological polar surface area (TPSA) is 12.0 Å². The summed E-state index contributed by atoms with van der Waals surface area (Å²) in [6, 6.07) is 9.15. The van der Waals surface area contributed by atoms with Crippen molar-refractivity contribution in [3.8, 4) is 0 Å². The van der Waals surface area contributed by atoms with Gasteiger partial charge in [-0.3, -0.25) is 0 Å². The molecule has 1 aliphatic rings. The molecule has 1 atom stereocenters. The maximum atomic E-state index is 3.69. The van der Waals surface area contributed by atoms with Gasteiger partial charge in [0.1, 0.15) is 0 Å². The van der Waals surface area contributed by atoms with Crippen molar-refractivity contribution < 1.29 is 0 Å². The SMILES string of the molecule is CCC1(CNC(C)c2ccccc2C)CC1. The summed E-state index contributed by atoms with van der Waals surface area (Å²) in [6.45, 7) is 7.96. The Bertz CT molecular complexity index is 352.